The number of alkyl halides is 3. The number of rotatable bonds is 4. The van der Waals surface area contributed by atoms with Crippen LogP contribution in [0.25, 0.3) is 0 Å². The lowest BCUT2D eigenvalue weighted by Crippen LogP contribution is -2.48. The van der Waals surface area contributed by atoms with Crippen LogP contribution >= 0.6 is 0 Å². The lowest BCUT2D eigenvalue weighted by atomic mass is 10.1. The summed E-state index contributed by atoms with van der Waals surface area (Å²) in [5, 5.41) is 0. The summed E-state index contributed by atoms with van der Waals surface area (Å²) in [7, 11) is 1.35. The van der Waals surface area contributed by atoms with E-state index in [2.05, 4.69) is 15.9 Å². The third-order valence-electron chi connectivity index (χ3n) is 5.79. The first-order valence-corrected chi connectivity index (χ1v) is 8.82. The highest BCUT2D eigenvalue weighted by atomic mass is 19.4. The monoisotopic (exact) mass is 380 g/mol. The van der Waals surface area contributed by atoms with Gasteiger partial charge in [0.1, 0.15) is 5.82 Å². The molecule has 2 saturated heterocycles. The van der Waals surface area contributed by atoms with E-state index in [9.17, 15) is 18.0 Å². The second-order valence-corrected chi connectivity index (χ2v) is 7.25. The van der Waals surface area contributed by atoms with E-state index < -0.39 is 11.9 Å². The molecule has 3 heterocycles. The van der Waals surface area contributed by atoms with Gasteiger partial charge in [-0.1, -0.05) is 5.92 Å². The standard InChI is InChI=1S/C18H19F3N4O2/c1-3-10-4-5-25(10)17-22-14(18(19,20)21)7-15(23-17)24-8-12-11(13(12)9-24)6-16(26)27-2/h1,7,10-13H,4-6,8-9H2,2H3/t10-,11-,12-,13+/m0/s1. The average Bonchev–Trinajstić information content (AvgIpc) is 3.02. The topological polar surface area (TPSA) is 58.6 Å². The van der Waals surface area contributed by atoms with Crippen molar-refractivity contribution in [2.45, 2.75) is 25.1 Å². The van der Waals surface area contributed by atoms with E-state index in [-0.39, 0.29) is 29.7 Å². The third kappa shape index (κ3) is 3.17. The fourth-order valence-corrected chi connectivity index (χ4v) is 4.07. The molecule has 0 unspecified atom stereocenters. The van der Waals surface area contributed by atoms with E-state index in [4.69, 9.17) is 11.2 Å². The molecule has 0 radical (unpaired) electrons. The summed E-state index contributed by atoms with van der Waals surface area (Å²) in [6.07, 6.45) is 1.94. The molecule has 4 rings (SSSR count). The zero-order valence-electron chi connectivity index (χ0n) is 14.7. The molecule has 144 valence electrons. The van der Waals surface area contributed by atoms with Crippen molar-refractivity contribution in [3.8, 4) is 12.3 Å². The van der Waals surface area contributed by atoms with E-state index in [1.165, 1.54) is 7.11 Å². The highest BCUT2D eigenvalue weighted by Gasteiger charge is 2.56. The van der Waals surface area contributed by atoms with Crippen LogP contribution < -0.4 is 9.80 Å². The Balaban J connectivity index is 1.54. The van der Waals surface area contributed by atoms with E-state index in [1.54, 1.807) is 4.90 Å². The van der Waals surface area contributed by atoms with Crippen LogP contribution in [0, 0.1) is 30.1 Å². The minimum atomic E-state index is -4.56. The number of hydrogen-bond donors (Lipinski definition) is 0. The van der Waals surface area contributed by atoms with Gasteiger partial charge < -0.3 is 14.5 Å². The minimum Gasteiger partial charge on any atom is -0.469 e. The van der Waals surface area contributed by atoms with Crippen molar-refractivity contribution in [2.24, 2.45) is 17.8 Å². The molecule has 0 N–H and O–H groups in total. The number of hydrogen-bond acceptors (Lipinski definition) is 6. The number of carbonyl (C=O) groups is 1. The van der Waals surface area contributed by atoms with Crippen molar-refractivity contribution in [2.75, 3.05) is 36.5 Å². The summed E-state index contributed by atoms with van der Waals surface area (Å²) in [6.45, 7) is 1.71. The van der Waals surface area contributed by atoms with Gasteiger partial charge in [-0.3, -0.25) is 4.79 Å². The number of piperidine rings is 1. The van der Waals surface area contributed by atoms with E-state index in [1.807, 2.05) is 4.90 Å². The Hall–Kier alpha value is -2.50. The van der Waals surface area contributed by atoms with Gasteiger partial charge in [0.15, 0.2) is 5.69 Å². The summed E-state index contributed by atoms with van der Waals surface area (Å²) >= 11 is 0. The van der Waals surface area contributed by atoms with Crippen molar-refractivity contribution in [1.29, 1.82) is 0 Å². The summed E-state index contributed by atoms with van der Waals surface area (Å²) in [5.41, 5.74) is -0.961. The van der Waals surface area contributed by atoms with Crippen molar-refractivity contribution in [3.05, 3.63) is 11.8 Å². The van der Waals surface area contributed by atoms with Crippen LogP contribution in [-0.4, -0.2) is 48.7 Å². The first-order chi connectivity index (χ1) is 12.8. The third-order valence-corrected chi connectivity index (χ3v) is 5.79. The summed E-state index contributed by atoms with van der Waals surface area (Å²) < 4.78 is 44.6. The molecule has 27 heavy (non-hydrogen) atoms. The number of nitrogens with zero attached hydrogens (tertiary/aromatic N) is 4. The fraction of sp³-hybridized carbons (Fsp3) is 0.611. The van der Waals surface area contributed by atoms with Crippen LogP contribution in [0.15, 0.2) is 6.07 Å². The van der Waals surface area contributed by atoms with Crippen molar-refractivity contribution < 1.29 is 22.7 Å². The highest BCUT2D eigenvalue weighted by Crippen LogP contribution is 2.54. The Kier molecular flexibility index (Phi) is 4.17. The van der Waals surface area contributed by atoms with Crippen LogP contribution in [0.4, 0.5) is 24.9 Å². The second kappa shape index (κ2) is 6.29. The number of anilines is 2. The van der Waals surface area contributed by atoms with Crippen molar-refractivity contribution >= 4 is 17.7 Å². The lowest BCUT2D eigenvalue weighted by molar-refractivity contribution is -0.142. The van der Waals surface area contributed by atoms with Gasteiger partial charge in [-0.25, -0.2) is 4.98 Å². The molecule has 3 aliphatic rings. The second-order valence-electron chi connectivity index (χ2n) is 7.25. The highest BCUT2D eigenvalue weighted by molar-refractivity contribution is 5.70. The SMILES string of the molecule is C#C[C@H]1CCN1c1nc(N2C[C@@H]3[C@@H](CC(=O)OC)[C@@H]3C2)cc(C(F)(F)F)n1. The normalized spacial score (nSPS) is 29.0. The quantitative estimate of drug-likeness (QED) is 0.588. The Labute approximate surface area is 154 Å². The smallest absolute Gasteiger partial charge is 0.433 e. The average molecular weight is 380 g/mol. The zero-order chi connectivity index (χ0) is 19.3. The summed E-state index contributed by atoms with van der Waals surface area (Å²) in [4.78, 5) is 22.9. The number of terminal acetylenes is 1. The number of aromatic nitrogens is 2. The number of methoxy groups -OCH3 is 1. The molecule has 0 spiro atoms. The van der Waals surface area contributed by atoms with Crippen LogP contribution in [0.5, 0.6) is 0 Å². The van der Waals surface area contributed by atoms with Gasteiger partial charge in [-0.2, -0.15) is 18.2 Å². The van der Waals surface area contributed by atoms with Crippen molar-refractivity contribution in [1.82, 2.24) is 9.97 Å². The molecule has 9 heteroatoms. The van der Waals surface area contributed by atoms with E-state index in [0.717, 1.165) is 6.07 Å². The molecule has 0 aromatic carbocycles. The van der Waals surface area contributed by atoms with Gasteiger partial charge in [0, 0.05) is 32.1 Å². The largest absolute Gasteiger partial charge is 0.469 e. The molecule has 1 aliphatic carbocycles. The molecule has 1 saturated carbocycles. The number of halogens is 3. The summed E-state index contributed by atoms with van der Waals surface area (Å²) in [5.74, 6) is 3.42. The van der Waals surface area contributed by atoms with Gasteiger partial charge in [-0.05, 0) is 24.2 Å². The molecule has 0 bridgehead atoms. The van der Waals surface area contributed by atoms with Gasteiger partial charge in [0.25, 0.3) is 0 Å². The Morgan fingerprint density at radius 3 is 2.59 bits per heavy atom. The maximum Gasteiger partial charge on any atom is 0.433 e. The maximum absolute atomic E-state index is 13.3. The van der Waals surface area contributed by atoms with Crippen molar-refractivity contribution in [3.63, 3.8) is 0 Å². The predicted octanol–water partition coefficient (Wildman–Crippen LogP) is 1.95. The predicted molar refractivity (Wildman–Crippen MR) is 90.9 cm³/mol. The number of fused-ring (bicyclic) bond motifs is 1. The maximum atomic E-state index is 13.3. The fourth-order valence-electron chi connectivity index (χ4n) is 4.07. The van der Waals surface area contributed by atoms with Gasteiger partial charge in [0.2, 0.25) is 5.95 Å². The molecule has 0 amide bonds. The molecular formula is C18H19F3N4O2. The molecule has 1 aromatic rings. The molecule has 6 nitrogen and oxygen atoms in total. The number of carbonyl (C=O) groups excluding carboxylic acids is 1. The molecule has 2 aliphatic heterocycles. The van der Waals surface area contributed by atoms with Gasteiger partial charge in [-0.15, -0.1) is 6.42 Å². The minimum absolute atomic E-state index is 0.0284. The summed E-state index contributed by atoms with van der Waals surface area (Å²) in [6, 6.07) is 0.728. The Morgan fingerprint density at radius 1 is 1.37 bits per heavy atom. The van der Waals surface area contributed by atoms with Crippen LogP contribution in [-0.2, 0) is 15.7 Å². The van der Waals surface area contributed by atoms with E-state index in [0.29, 0.717) is 44.3 Å². The first-order valence-electron chi connectivity index (χ1n) is 8.82. The van der Waals surface area contributed by atoms with E-state index >= 15 is 0 Å². The van der Waals surface area contributed by atoms with Gasteiger partial charge in [0.05, 0.1) is 13.2 Å². The Bertz CT molecular complexity index is 795. The molecule has 1 aromatic heterocycles. The number of ether oxygens (including phenoxy) is 1. The number of esters is 1. The van der Waals surface area contributed by atoms with Gasteiger partial charge >= 0.3 is 12.1 Å². The molecule has 4 atom stereocenters. The molecule has 3 fully saturated rings. The van der Waals surface area contributed by atoms with Crippen LogP contribution in [0.2, 0.25) is 0 Å². The molecular weight excluding hydrogens is 361 g/mol. The van der Waals surface area contributed by atoms with Crippen LogP contribution in [0.3, 0.4) is 0 Å². The lowest BCUT2D eigenvalue weighted by Gasteiger charge is -2.38. The Morgan fingerprint density at radius 2 is 2.07 bits per heavy atom. The zero-order valence-corrected chi connectivity index (χ0v) is 14.7. The van der Waals surface area contributed by atoms with Crippen LogP contribution in [0.1, 0.15) is 18.5 Å². The first kappa shape index (κ1) is 17.9.